The van der Waals surface area contributed by atoms with Crippen molar-refractivity contribution in [2.24, 2.45) is 28.9 Å². The van der Waals surface area contributed by atoms with Gasteiger partial charge in [-0.15, -0.1) is 0 Å². The average molecular weight is 386 g/mol. The molecule has 160 valence electrons. The van der Waals surface area contributed by atoms with Gasteiger partial charge in [-0.25, -0.2) is 0 Å². The van der Waals surface area contributed by atoms with Crippen molar-refractivity contribution in [1.29, 1.82) is 0 Å². The largest absolute Gasteiger partial charge is 0.379 e. The summed E-state index contributed by atoms with van der Waals surface area (Å²) in [5.74, 6) is -0.656. The van der Waals surface area contributed by atoms with Crippen LogP contribution in [0.25, 0.3) is 0 Å². The summed E-state index contributed by atoms with van der Waals surface area (Å²) in [5, 5.41) is 0. The van der Waals surface area contributed by atoms with E-state index in [2.05, 4.69) is 20.8 Å². The number of hydrogen-bond donors (Lipinski definition) is 1. The lowest BCUT2D eigenvalue weighted by molar-refractivity contribution is -0.148. The molecule has 3 atom stereocenters. The van der Waals surface area contributed by atoms with Crippen molar-refractivity contribution in [1.82, 2.24) is 0 Å². The lowest BCUT2D eigenvalue weighted by Crippen LogP contribution is -2.43. The molecule has 0 aliphatic carbocycles. The first-order chi connectivity index (χ1) is 12.1. The van der Waals surface area contributed by atoms with Crippen molar-refractivity contribution < 1.29 is 19.1 Å². The Kier molecular flexibility index (Phi) is 9.67. The molecular formula is C22H43NO4. The van der Waals surface area contributed by atoms with Gasteiger partial charge in [-0.05, 0) is 51.9 Å². The number of hydrogen-bond acceptors (Lipinski definition) is 4. The van der Waals surface area contributed by atoms with Gasteiger partial charge in [0.2, 0.25) is 5.91 Å². The first-order valence-corrected chi connectivity index (χ1v) is 10.1. The molecule has 0 radical (unpaired) electrons. The minimum Gasteiger partial charge on any atom is -0.379 e. The number of methoxy groups -OCH3 is 1. The molecule has 1 amide bonds. The van der Waals surface area contributed by atoms with Crippen molar-refractivity contribution in [2.75, 3.05) is 13.7 Å². The van der Waals surface area contributed by atoms with Crippen LogP contribution in [0.2, 0.25) is 0 Å². The number of carbonyl (C=O) groups excluding carboxylic acids is 2. The van der Waals surface area contributed by atoms with Crippen LogP contribution in [0.3, 0.4) is 0 Å². The van der Waals surface area contributed by atoms with Crippen LogP contribution in [0.1, 0.15) is 81.6 Å². The average Bonchev–Trinajstić information content (AvgIpc) is 2.57. The van der Waals surface area contributed by atoms with Crippen LogP contribution in [-0.2, 0) is 19.1 Å². The molecule has 0 saturated carbocycles. The van der Waals surface area contributed by atoms with E-state index in [1.165, 1.54) is 0 Å². The van der Waals surface area contributed by atoms with E-state index < -0.39 is 5.60 Å². The van der Waals surface area contributed by atoms with E-state index in [1.54, 1.807) is 7.11 Å². The fourth-order valence-electron chi connectivity index (χ4n) is 3.17. The number of rotatable bonds is 13. The highest BCUT2D eigenvalue weighted by Crippen LogP contribution is 2.37. The summed E-state index contributed by atoms with van der Waals surface area (Å²) in [6.45, 7) is 18.2. The molecule has 3 unspecified atom stereocenters. The number of ketones is 1. The monoisotopic (exact) mass is 385 g/mol. The van der Waals surface area contributed by atoms with Crippen molar-refractivity contribution in [3.05, 3.63) is 0 Å². The fourth-order valence-corrected chi connectivity index (χ4v) is 3.17. The van der Waals surface area contributed by atoms with Gasteiger partial charge in [-0.2, -0.15) is 0 Å². The molecule has 0 aromatic carbocycles. The number of amides is 1. The molecule has 0 aliphatic rings. The minimum absolute atomic E-state index is 0.0408. The van der Waals surface area contributed by atoms with E-state index >= 15 is 0 Å². The minimum atomic E-state index is -0.875. The van der Waals surface area contributed by atoms with Crippen LogP contribution in [-0.4, -0.2) is 36.6 Å². The first kappa shape index (κ1) is 26.1. The summed E-state index contributed by atoms with van der Waals surface area (Å²) in [4.78, 5) is 25.0. The standard InChI is InChI=1S/C22H43NO4/c1-11-20(4,5)17(19(23)25)14-15(2)16(3)18(24)22(8,9)27-13-12-21(6,7)26-10/h15-17H,11-14H2,1-10H3,(H2,23,25). The Morgan fingerprint density at radius 3 is 1.96 bits per heavy atom. The highest BCUT2D eigenvalue weighted by Gasteiger charge is 2.39. The normalized spacial score (nSPS) is 16.7. The number of ether oxygens (including phenoxy) is 2. The zero-order chi connectivity index (χ0) is 21.6. The van der Waals surface area contributed by atoms with E-state index in [0.717, 1.165) is 6.42 Å². The quantitative estimate of drug-likeness (QED) is 0.511. The van der Waals surface area contributed by atoms with Crippen molar-refractivity contribution >= 4 is 11.7 Å². The van der Waals surface area contributed by atoms with Gasteiger partial charge in [-0.3, -0.25) is 9.59 Å². The maximum absolute atomic E-state index is 13.0. The summed E-state index contributed by atoms with van der Waals surface area (Å²) in [5.41, 5.74) is 4.33. The Bertz CT molecular complexity index is 497. The lowest BCUT2D eigenvalue weighted by atomic mass is 9.70. The lowest BCUT2D eigenvalue weighted by Gasteiger charge is -2.36. The van der Waals surface area contributed by atoms with E-state index in [-0.39, 0.29) is 40.5 Å². The Labute approximate surface area is 166 Å². The second-order valence-corrected chi connectivity index (χ2v) is 9.74. The molecule has 5 heteroatoms. The summed E-state index contributed by atoms with van der Waals surface area (Å²) in [7, 11) is 1.67. The van der Waals surface area contributed by atoms with Gasteiger partial charge in [0, 0.05) is 18.9 Å². The van der Waals surface area contributed by atoms with Crippen LogP contribution in [0.5, 0.6) is 0 Å². The molecule has 0 saturated heterocycles. The highest BCUT2D eigenvalue weighted by molar-refractivity contribution is 5.88. The van der Waals surface area contributed by atoms with Gasteiger partial charge in [0.05, 0.1) is 12.2 Å². The van der Waals surface area contributed by atoms with Gasteiger partial charge in [0.1, 0.15) is 5.60 Å². The number of carbonyl (C=O) groups is 2. The summed E-state index contributed by atoms with van der Waals surface area (Å²) >= 11 is 0. The molecule has 0 bridgehead atoms. The molecule has 5 nitrogen and oxygen atoms in total. The van der Waals surface area contributed by atoms with E-state index in [9.17, 15) is 9.59 Å². The Balaban J connectivity index is 5.00. The molecule has 27 heavy (non-hydrogen) atoms. The van der Waals surface area contributed by atoms with Crippen molar-refractivity contribution in [3.63, 3.8) is 0 Å². The summed E-state index contributed by atoms with van der Waals surface area (Å²) in [6, 6.07) is 0. The molecule has 0 fully saturated rings. The second kappa shape index (κ2) is 10.0. The first-order valence-electron chi connectivity index (χ1n) is 10.1. The molecule has 0 aromatic rings. The molecule has 0 aliphatic heterocycles. The number of primary amides is 1. The Hall–Kier alpha value is -0.940. The molecular weight excluding hydrogens is 342 g/mol. The SMILES string of the molecule is CCC(C)(C)C(CC(C)C(C)C(=O)C(C)(C)OCCC(C)(C)OC)C(N)=O. The maximum atomic E-state index is 13.0. The fraction of sp³-hybridized carbons (Fsp3) is 0.909. The van der Waals surface area contributed by atoms with E-state index in [4.69, 9.17) is 15.2 Å². The zero-order valence-corrected chi connectivity index (χ0v) is 19.3. The second-order valence-electron chi connectivity index (χ2n) is 9.74. The van der Waals surface area contributed by atoms with E-state index in [1.807, 2.05) is 41.5 Å². The molecule has 0 aromatic heterocycles. The molecule has 0 heterocycles. The molecule has 0 spiro atoms. The van der Waals surface area contributed by atoms with Crippen molar-refractivity contribution in [2.45, 2.75) is 92.8 Å². The van der Waals surface area contributed by atoms with Gasteiger partial charge in [0.15, 0.2) is 5.78 Å². The highest BCUT2D eigenvalue weighted by atomic mass is 16.5. The zero-order valence-electron chi connectivity index (χ0n) is 19.3. The smallest absolute Gasteiger partial charge is 0.221 e. The molecule has 0 rings (SSSR count). The third-order valence-corrected chi connectivity index (χ3v) is 6.39. The topological polar surface area (TPSA) is 78.6 Å². The van der Waals surface area contributed by atoms with Crippen LogP contribution in [0.4, 0.5) is 0 Å². The van der Waals surface area contributed by atoms with Gasteiger partial charge in [0.25, 0.3) is 0 Å². The number of Topliss-reactive ketones (excluding diaryl/α,β-unsaturated/α-hetero) is 1. The van der Waals surface area contributed by atoms with Gasteiger partial charge >= 0.3 is 0 Å². The van der Waals surface area contributed by atoms with Crippen LogP contribution in [0, 0.1) is 23.2 Å². The third kappa shape index (κ3) is 7.90. The molecule has 2 N–H and O–H groups in total. The van der Waals surface area contributed by atoms with Crippen molar-refractivity contribution in [3.8, 4) is 0 Å². The van der Waals surface area contributed by atoms with Crippen LogP contribution >= 0.6 is 0 Å². The maximum Gasteiger partial charge on any atom is 0.221 e. The van der Waals surface area contributed by atoms with Crippen LogP contribution in [0.15, 0.2) is 0 Å². The van der Waals surface area contributed by atoms with Gasteiger partial charge < -0.3 is 15.2 Å². The van der Waals surface area contributed by atoms with Gasteiger partial charge in [-0.1, -0.05) is 41.0 Å². The predicted octanol–water partition coefficient (Wildman–Crippen LogP) is 4.37. The van der Waals surface area contributed by atoms with E-state index in [0.29, 0.717) is 19.4 Å². The predicted molar refractivity (Wildman–Crippen MR) is 110 cm³/mol. The number of nitrogens with two attached hydrogens (primary N) is 1. The Morgan fingerprint density at radius 2 is 1.56 bits per heavy atom. The third-order valence-electron chi connectivity index (χ3n) is 6.39. The van der Waals surface area contributed by atoms with Crippen LogP contribution < -0.4 is 5.73 Å². The summed E-state index contributed by atoms with van der Waals surface area (Å²) in [6.07, 6.45) is 2.17. The summed E-state index contributed by atoms with van der Waals surface area (Å²) < 4.78 is 11.3. The Morgan fingerprint density at radius 1 is 1.04 bits per heavy atom.